The minimum Gasteiger partial charge on any atom is -0.859 e. The van der Waals surface area contributed by atoms with Crippen LogP contribution in [-0.2, 0) is 9.63 Å². The van der Waals surface area contributed by atoms with Crippen LogP contribution in [-0.4, -0.2) is 15.7 Å². The Hall–Kier alpha value is -2.74. The van der Waals surface area contributed by atoms with Crippen molar-refractivity contribution >= 4 is 29.1 Å². The smallest absolute Gasteiger partial charge is 0.437 e. The van der Waals surface area contributed by atoms with Crippen LogP contribution in [0.5, 0.6) is 5.88 Å². The summed E-state index contributed by atoms with van der Waals surface area (Å²) in [6.07, 6.45) is 1.30. The Kier molecular flexibility index (Phi) is 3.15. The van der Waals surface area contributed by atoms with E-state index in [0.717, 1.165) is 16.9 Å². The van der Waals surface area contributed by atoms with E-state index in [1.54, 1.807) is 12.1 Å². The molecule has 0 saturated carbocycles. The SMILES string of the molecule is Cc1ccc([N+]2=NOC(=O)/C2=C\c2sc(=O)[nH]c2[O-])cc1. The quantitative estimate of drug-likeness (QED) is 0.670. The third-order valence-corrected chi connectivity index (χ3v) is 3.64. The summed E-state index contributed by atoms with van der Waals surface area (Å²) in [6, 6.07) is 7.26. The lowest BCUT2D eigenvalue weighted by molar-refractivity contribution is -0.462. The van der Waals surface area contributed by atoms with Gasteiger partial charge in [-0.2, -0.15) is 0 Å². The number of H-pyrrole nitrogens is 1. The molecule has 0 aliphatic carbocycles. The first kappa shape index (κ1) is 13.3. The maximum atomic E-state index is 11.7. The third kappa shape index (κ3) is 2.48. The molecule has 21 heavy (non-hydrogen) atoms. The number of benzene rings is 1. The molecule has 0 saturated heterocycles. The molecule has 2 aromatic rings. The number of thiazole rings is 1. The van der Waals surface area contributed by atoms with Crippen molar-refractivity contribution in [2.75, 3.05) is 0 Å². The van der Waals surface area contributed by atoms with Crippen LogP contribution in [0.3, 0.4) is 0 Å². The summed E-state index contributed by atoms with van der Waals surface area (Å²) in [6.45, 7) is 1.93. The van der Waals surface area contributed by atoms with Crippen molar-refractivity contribution < 1.29 is 19.4 Å². The van der Waals surface area contributed by atoms with Crippen molar-refractivity contribution in [1.82, 2.24) is 4.98 Å². The fourth-order valence-electron chi connectivity index (χ4n) is 1.79. The van der Waals surface area contributed by atoms with Gasteiger partial charge in [0.05, 0.1) is 0 Å². The van der Waals surface area contributed by atoms with E-state index in [9.17, 15) is 14.7 Å². The summed E-state index contributed by atoms with van der Waals surface area (Å²) >= 11 is 0.727. The first-order valence-electron chi connectivity index (χ1n) is 5.95. The van der Waals surface area contributed by atoms with E-state index in [2.05, 4.69) is 15.1 Å². The second-order valence-corrected chi connectivity index (χ2v) is 5.36. The van der Waals surface area contributed by atoms with Crippen LogP contribution in [0, 0.1) is 6.92 Å². The average Bonchev–Trinajstić information content (AvgIpc) is 2.95. The van der Waals surface area contributed by atoms with Gasteiger partial charge in [0.2, 0.25) is 11.0 Å². The van der Waals surface area contributed by atoms with Gasteiger partial charge in [0, 0.05) is 23.1 Å². The first-order chi connectivity index (χ1) is 10.0. The number of carbonyl (C=O) groups excluding carboxylic acids is 1. The molecule has 7 nitrogen and oxygen atoms in total. The van der Waals surface area contributed by atoms with Crippen LogP contribution in [0.1, 0.15) is 10.4 Å². The Morgan fingerprint density at radius 3 is 2.67 bits per heavy atom. The minimum absolute atomic E-state index is 0.0752. The van der Waals surface area contributed by atoms with Crippen LogP contribution in [0.4, 0.5) is 5.69 Å². The van der Waals surface area contributed by atoms with Crippen LogP contribution in [0.15, 0.2) is 40.0 Å². The van der Waals surface area contributed by atoms with Gasteiger partial charge in [-0.25, -0.2) is 4.79 Å². The molecule has 0 atom stereocenters. The zero-order valence-corrected chi connectivity index (χ0v) is 11.6. The first-order valence-corrected chi connectivity index (χ1v) is 6.77. The van der Waals surface area contributed by atoms with Crippen molar-refractivity contribution in [3.8, 4) is 5.88 Å². The Morgan fingerprint density at radius 1 is 1.33 bits per heavy atom. The summed E-state index contributed by atoms with van der Waals surface area (Å²) in [5.41, 5.74) is 1.75. The van der Waals surface area contributed by atoms with Crippen molar-refractivity contribution in [2.24, 2.45) is 5.28 Å². The number of nitrogens with one attached hydrogen (secondary N) is 1. The molecule has 1 N–H and O–H groups in total. The molecular formula is C13H9N3O4S. The summed E-state index contributed by atoms with van der Waals surface area (Å²) in [4.78, 5) is 29.3. The molecule has 8 heteroatoms. The largest absolute Gasteiger partial charge is 0.859 e. The molecule has 106 valence electrons. The van der Waals surface area contributed by atoms with E-state index >= 15 is 0 Å². The third-order valence-electron chi connectivity index (χ3n) is 2.83. The van der Waals surface area contributed by atoms with Gasteiger partial charge < -0.3 is 10.1 Å². The number of nitrogens with zero attached hydrogens (tertiary/aromatic N) is 2. The highest BCUT2D eigenvalue weighted by molar-refractivity contribution is 7.10. The highest BCUT2D eigenvalue weighted by Gasteiger charge is 2.36. The maximum Gasteiger partial charge on any atom is 0.437 e. The highest BCUT2D eigenvalue weighted by Crippen LogP contribution is 2.26. The second kappa shape index (κ2) is 4.98. The predicted molar refractivity (Wildman–Crippen MR) is 72.0 cm³/mol. The lowest BCUT2D eigenvalue weighted by atomic mass is 10.2. The molecule has 1 aliphatic heterocycles. The van der Waals surface area contributed by atoms with Crippen molar-refractivity contribution in [2.45, 2.75) is 6.92 Å². The van der Waals surface area contributed by atoms with Crippen molar-refractivity contribution in [3.05, 3.63) is 50.1 Å². The minimum atomic E-state index is -0.684. The van der Waals surface area contributed by atoms with Gasteiger partial charge in [-0.1, -0.05) is 29.0 Å². The molecule has 0 fully saturated rings. The van der Waals surface area contributed by atoms with Gasteiger partial charge in [-0.3, -0.25) is 9.63 Å². The summed E-state index contributed by atoms with van der Waals surface area (Å²) in [5, 5.41) is 15.2. The van der Waals surface area contributed by atoms with Gasteiger partial charge in [0.25, 0.3) is 0 Å². The highest BCUT2D eigenvalue weighted by atomic mass is 32.1. The van der Waals surface area contributed by atoms with E-state index in [1.807, 2.05) is 19.1 Å². The molecule has 0 bridgehead atoms. The van der Waals surface area contributed by atoms with Crippen molar-refractivity contribution in [1.29, 1.82) is 0 Å². The standard InChI is InChI=1S/C13H9N3O4S/c1-7-2-4-8(5-3-7)16-9(12(18)20-15-16)6-10-11(17)14-13(19)21-10/h2-6H,1H3,(H-,14,15,17,18,19). The van der Waals surface area contributed by atoms with Crippen LogP contribution >= 0.6 is 11.3 Å². The topological polar surface area (TPSA) is 97.6 Å². The van der Waals surface area contributed by atoms with Crippen LogP contribution < -0.4 is 9.98 Å². The molecule has 0 radical (unpaired) electrons. The van der Waals surface area contributed by atoms with E-state index in [0.29, 0.717) is 5.69 Å². The monoisotopic (exact) mass is 303 g/mol. The average molecular weight is 303 g/mol. The Balaban J connectivity index is 2.05. The number of hydrogen-bond acceptors (Lipinski definition) is 6. The molecule has 2 heterocycles. The number of carbonyl (C=O) groups is 1. The van der Waals surface area contributed by atoms with E-state index in [4.69, 9.17) is 0 Å². The Morgan fingerprint density at radius 2 is 2.05 bits per heavy atom. The summed E-state index contributed by atoms with van der Waals surface area (Å²) in [7, 11) is 0. The fraction of sp³-hybridized carbons (Fsp3) is 0.0769. The van der Waals surface area contributed by atoms with E-state index < -0.39 is 16.7 Å². The summed E-state index contributed by atoms with van der Waals surface area (Å²) < 4.78 is 1.28. The van der Waals surface area contributed by atoms with Gasteiger partial charge in [0.15, 0.2) is 0 Å². The lowest BCUT2D eigenvalue weighted by Gasteiger charge is -1.99. The summed E-state index contributed by atoms with van der Waals surface area (Å²) in [5.74, 6) is -1.23. The van der Waals surface area contributed by atoms with Crippen LogP contribution in [0.2, 0.25) is 0 Å². The number of aromatic nitrogens is 1. The number of aryl methyl sites for hydroxylation is 1. The van der Waals surface area contributed by atoms with Gasteiger partial charge in [-0.15, -0.1) is 0 Å². The number of aromatic amines is 1. The molecule has 3 rings (SSSR count). The molecule has 1 aromatic carbocycles. The zero-order chi connectivity index (χ0) is 15.0. The molecule has 0 unspecified atom stereocenters. The molecule has 0 spiro atoms. The molecule has 1 aliphatic rings. The Labute approximate surface area is 122 Å². The maximum absolute atomic E-state index is 11.7. The fourth-order valence-corrected chi connectivity index (χ4v) is 2.45. The van der Waals surface area contributed by atoms with E-state index in [1.165, 1.54) is 10.8 Å². The Bertz CT molecular complexity index is 830. The second-order valence-electron chi connectivity index (χ2n) is 4.35. The number of hydrogen-bond donors (Lipinski definition) is 1. The van der Waals surface area contributed by atoms with Gasteiger partial charge in [0.1, 0.15) is 0 Å². The zero-order valence-electron chi connectivity index (χ0n) is 10.8. The van der Waals surface area contributed by atoms with Crippen LogP contribution in [0.25, 0.3) is 6.08 Å². The molecular weight excluding hydrogens is 294 g/mol. The van der Waals surface area contributed by atoms with Gasteiger partial charge >= 0.3 is 16.5 Å². The normalized spacial score (nSPS) is 16.1. The number of rotatable bonds is 2. The molecule has 1 aromatic heterocycles. The van der Waals surface area contributed by atoms with Gasteiger partial charge in [-0.05, 0) is 17.5 Å². The predicted octanol–water partition coefficient (Wildman–Crippen LogP) is 1.43. The lowest BCUT2D eigenvalue weighted by Crippen LogP contribution is -2.05. The van der Waals surface area contributed by atoms with Crippen molar-refractivity contribution in [3.63, 3.8) is 0 Å². The van der Waals surface area contributed by atoms with E-state index in [-0.39, 0.29) is 10.6 Å². The molecule has 0 amide bonds.